The number of aldehydes is 1. The number of hydrogen-bond donors (Lipinski definition) is 4. The highest BCUT2D eigenvalue weighted by molar-refractivity contribution is 6.31. The zero-order chi connectivity index (χ0) is 44.2. The number of anilines is 2. The minimum atomic E-state index is -4.62. The SMILES string of the molecule is Nc1ccccn1.O=Cc1ccc(Cl)c(C(F)(F)F)c1.Oc1c(C(Nc2ccccn2)c2ccc(Cl)c(C(F)(F)F)c2)ccc2cccnc12.Oc1cccc2cccnc12. The van der Waals surface area contributed by atoms with Crippen LogP contribution in [0.15, 0.2) is 152 Å². The molecule has 0 aliphatic rings. The molecule has 0 fully saturated rings. The number of halogens is 8. The summed E-state index contributed by atoms with van der Waals surface area (Å²) < 4.78 is 76.8. The fraction of sp³-hybridized carbons (Fsp3) is 0.0682. The summed E-state index contributed by atoms with van der Waals surface area (Å²) in [4.78, 5) is 26.4. The minimum Gasteiger partial charge on any atom is -0.506 e. The molecule has 1 unspecified atom stereocenters. The standard InChI is InChI=1S/C22H15ClF3N3O.C9H7NO.C8H4ClF3O.C5H6N2/c23-17-9-7-14(12-16(17)22(24,25)26)19(29-18-5-1-2-10-27-18)15-8-6-13-4-3-11-28-20(13)21(15)30;11-8-5-1-3-7-4-2-6-10-9(7)8;9-7-2-1-5(4-13)3-6(7)8(10,11)12;6-5-3-1-2-4-7-5/h1-12,19,30H,(H,27,29);1-6,11H;1-4H;1-4H,(H2,6,7). The largest absolute Gasteiger partial charge is 0.506 e. The molecule has 5 N–H and O–H groups in total. The van der Waals surface area contributed by atoms with E-state index in [4.69, 9.17) is 28.9 Å². The van der Waals surface area contributed by atoms with Gasteiger partial charge in [-0.2, -0.15) is 26.3 Å². The van der Waals surface area contributed by atoms with E-state index in [1.54, 1.807) is 79.3 Å². The van der Waals surface area contributed by atoms with E-state index in [-0.39, 0.29) is 22.6 Å². The molecule has 0 spiro atoms. The third-order valence-corrected chi connectivity index (χ3v) is 9.07. The predicted octanol–water partition coefficient (Wildman–Crippen LogP) is 12.0. The summed E-state index contributed by atoms with van der Waals surface area (Å²) in [5.41, 5.74) is 4.91. The first-order valence-electron chi connectivity index (χ1n) is 17.7. The number of hydrogen-bond acceptors (Lipinski definition) is 9. The van der Waals surface area contributed by atoms with Crippen molar-refractivity contribution in [2.24, 2.45) is 0 Å². The van der Waals surface area contributed by atoms with Gasteiger partial charge in [-0.15, -0.1) is 0 Å². The molecular formula is C44H32Cl2F6N6O3. The normalized spacial score (nSPS) is 11.5. The number of nitrogens with one attached hydrogen (secondary N) is 1. The van der Waals surface area contributed by atoms with Crippen molar-refractivity contribution in [3.8, 4) is 11.5 Å². The molecule has 0 amide bonds. The molecule has 0 bridgehead atoms. The molecule has 8 rings (SSSR count). The highest BCUT2D eigenvalue weighted by Crippen LogP contribution is 2.41. The van der Waals surface area contributed by atoms with E-state index >= 15 is 0 Å². The third-order valence-electron chi connectivity index (χ3n) is 8.41. The van der Waals surface area contributed by atoms with Gasteiger partial charge in [-0.05, 0) is 72.3 Å². The van der Waals surface area contributed by atoms with Gasteiger partial charge in [0.05, 0.1) is 27.2 Å². The maximum Gasteiger partial charge on any atom is 0.417 e. The molecule has 61 heavy (non-hydrogen) atoms. The number of aromatic nitrogens is 4. The van der Waals surface area contributed by atoms with Crippen LogP contribution in [0.25, 0.3) is 21.8 Å². The van der Waals surface area contributed by atoms with Gasteiger partial charge in [-0.25, -0.2) is 9.97 Å². The van der Waals surface area contributed by atoms with E-state index in [1.165, 1.54) is 24.4 Å². The first kappa shape index (κ1) is 45.1. The smallest absolute Gasteiger partial charge is 0.417 e. The monoisotopic (exact) mass is 876 g/mol. The number of nitrogen functional groups attached to an aromatic ring is 1. The summed E-state index contributed by atoms with van der Waals surface area (Å²) in [6.07, 6.45) is -2.37. The van der Waals surface area contributed by atoms with Gasteiger partial charge in [-0.3, -0.25) is 14.8 Å². The lowest BCUT2D eigenvalue weighted by molar-refractivity contribution is -0.138. The Bertz CT molecular complexity index is 2710. The number of phenols is 2. The zero-order valence-electron chi connectivity index (χ0n) is 31.3. The van der Waals surface area contributed by atoms with Crippen molar-refractivity contribution < 1.29 is 41.4 Å². The Labute approximate surface area is 354 Å². The number of para-hydroxylation sites is 1. The van der Waals surface area contributed by atoms with Crippen LogP contribution in [0.1, 0.15) is 38.7 Å². The van der Waals surface area contributed by atoms with Crippen molar-refractivity contribution in [1.29, 1.82) is 0 Å². The molecule has 0 aliphatic heterocycles. The lowest BCUT2D eigenvalue weighted by atomic mass is 9.95. The molecule has 0 aliphatic carbocycles. The number of carbonyl (C=O) groups is 1. The Balaban J connectivity index is 0.000000185. The number of fused-ring (bicyclic) bond motifs is 2. The van der Waals surface area contributed by atoms with Crippen molar-refractivity contribution in [2.45, 2.75) is 18.4 Å². The maximum absolute atomic E-state index is 13.4. The van der Waals surface area contributed by atoms with Gasteiger partial charge in [0.15, 0.2) is 0 Å². The van der Waals surface area contributed by atoms with E-state index in [0.717, 1.165) is 23.6 Å². The Kier molecular flexibility index (Phi) is 15.0. The number of benzene rings is 4. The number of nitrogens with two attached hydrogens (primary N) is 1. The van der Waals surface area contributed by atoms with Crippen LogP contribution in [0.3, 0.4) is 0 Å². The number of carbonyl (C=O) groups excluding carboxylic acids is 1. The maximum atomic E-state index is 13.4. The van der Waals surface area contributed by atoms with Crippen molar-refractivity contribution >= 4 is 62.9 Å². The number of rotatable bonds is 5. The second kappa shape index (κ2) is 20.3. The Morgan fingerprint density at radius 3 is 1.74 bits per heavy atom. The van der Waals surface area contributed by atoms with Crippen molar-refractivity contribution in [2.75, 3.05) is 11.1 Å². The third kappa shape index (κ3) is 12.3. The van der Waals surface area contributed by atoms with Gasteiger partial charge < -0.3 is 21.3 Å². The van der Waals surface area contributed by atoms with Gasteiger partial charge in [-0.1, -0.05) is 83.9 Å². The summed E-state index contributed by atoms with van der Waals surface area (Å²) >= 11 is 11.1. The average molecular weight is 878 g/mol. The summed E-state index contributed by atoms with van der Waals surface area (Å²) in [7, 11) is 0. The van der Waals surface area contributed by atoms with Crippen molar-refractivity contribution in [3.63, 3.8) is 0 Å². The number of nitrogens with zero attached hydrogens (tertiary/aromatic N) is 4. The van der Waals surface area contributed by atoms with Crippen LogP contribution in [0.5, 0.6) is 11.5 Å². The summed E-state index contributed by atoms with van der Waals surface area (Å²) in [6.45, 7) is 0. The Morgan fingerprint density at radius 1 is 0.607 bits per heavy atom. The van der Waals surface area contributed by atoms with Crippen LogP contribution in [0.4, 0.5) is 38.0 Å². The van der Waals surface area contributed by atoms with Gasteiger partial charge in [0.1, 0.15) is 40.5 Å². The number of aromatic hydroxyl groups is 2. The summed E-state index contributed by atoms with van der Waals surface area (Å²) in [6, 6.07) is 32.5. The molecule has 9 nitrogen and oxygen atoms in total. The zero-order valence-corrected chi connectivity index (χ0v) is 32.8. The molecule has 0 saturated heterocycles. The molecule has 1 atom stereocenters. The number of alkyl halides is 6. The second-order valence-corrected chi connectivity index (χ2v) is 13.4. The predicted molar refractivity (Wildman–Crippen MR) is 223 cm³/mol. The summed E-state index contributed by atoms with van der Waals surface area (Å²) in [5.74, 6) is 1.13. The van der Waals surface area contributed by atoms with Crippen LogP contribution in [0.2, 0.25) is 10.0 Å². The quantitative estimate of drug-likeness (QED) is 0.0980. The van der Waals surface area contributed by atoms with Gasteiger partial charge >= 0.3 is 12.4 Å². The van der Waals surface area contributed by atoms with Crippen molar-refractivity contribution in [3.05, 3.63) is 190 Å². The van der Waals surface area contributed by atoms with Crippen LogP contribution in [-0.4, -0.2) is 36.4 Å². The van der Waals surface area contributed by atoms with E-state index < -0.39 is 39.6 Å². The first-order chi connectivity index (χ1) is 29.1. The molecule has 4 heterocycles. The van der Waals surface area contributed by atoms with Gasteiger partial charge in [0, 0.05) is 46.7 Å². The molecule has 17 heteroatoms. The molecular weight excluding hydrogens is 845 g/mol. The topological polar surface area (TPSA) is 147 Å². The second-order valence-electron chi connectivity index (χ2n) is 12.6. The van der Waals surface area contributed by atoms with E-state index in [2.05, 4.69) is 25.3 Å². The molecule has 0 radical (unpaired) electrons. The Morgan fingerprint density at radius 2 is 1.18 bits per heavy atom. The highest BCUT2D eigenvalue weighted by Gasteiger charge is 2.35. The van der Waals surface area contributed by atoms with Crippen LogP contribution in [-0.2, 0) is 12.4 Å². The van der Waals surface area contributed by atoms with Crippen LogP contribution in [0, 0.1) is 0 Å². The highest BCUT2D eigenvalue weighted by atomic mass is 35.5. The molecule has 8 aromatic rings. The fourth-order valence-corrected chi connectivity index (χ4v) is 6.00. The lowest BCUT2D eigenvalue weighted by Gasteiger charge is -2.23. The molecule has 4 aromatic heterocycles. The minimum absolute atomic E-state index is 0.0447. The van der Waals surface area contributed by atoms with Gasteiger partial charge in [0.25, 0.3) is 0 Å². The fourth-order valence-electron chi connectivity index (χ4n) is 5.55. The lowest BCUT2D eigenvalue weighted by Crippen LogP contribution is -2.15. The van der Waals surface area contributed by atoms with Crippen LogP contribution < -0.4 is 11.1 Å². The summed E-state index contributed by atoms with van der Waals surface area (Å²) in [5, 5.41) is 24.2. The van der Waals surface area contributed by atoms with Gasteiger partial charge in [0.2, 0.25) is 0 Å². The number of pyridine rings is 4. The molecule has 4 aromatic carbocycles. The van der Waals surface area contributed by atoms with E-state index in [0.29, 0.717) is 39.9 Å². The van der Waals surface area contributed by atoms with Crippen molar-refractivity contribution in [1.82, 2.24) is 19.9 Å². The van der Waals surface area contributed by atoms with E-state index in [1.807, 2.05) is 30.3 Å². The average Bonchev–Trinajstić information content (AvgIpc) is 3.24. The molecule has 0 saturated carbocycles. The Hall–Kier alpha value is -6.97. The first-order valence-corrected chi connectivity index (χ1v) is 18.4. The molecule has 312 valence electrons. The number of phenolic OH excluding ortho intramolecular Hbond substituents is 2. The van der Waals surface area contributed by atoms with Crippen LogP contribution >= 0.6 is 23.2 Å². The van der Waals surface area contributed by atoms with E-state index in [9.17, 15) is 41.4 Å².